The number of amides is 1. The molecule has 0 unspecified atom stereocenters. The highest BCUT2D eigenvalue weighted by Gasteiger charge is 2.12. The zero-order chi connectivity index (χ0) is 20.1. The number of nitrogens with zero attached hydrogens (tertiary/aromatic N) is 2. The highest BCUT2D eigenvalue weighted by molar-refractivity contribution is 6.01. The van der Waals surface area contributed by atoms with Crippen molar-refractivity contribution in [3.63, 3.8) is 0 Å². The summed E-state index contributed by atoms with van der Waals surface area (Å²) in [7, 11) is 0. The number of carbonyl (C=O) groups excluding carboxylic acids is 1. The van der Waals surface area contributed by atoms with E-state index < -0.39 is 0 Å². The van der Waals surface area contributed by atoms with Gasteiger partial charge in [-0.15, -0.1) is 0 Å². The Bertz CT molecular complexity index is 1140. The predicted octanol–water partition coefficient (Wildman–Crippen LogP) is 4.69. The number of rotatable bonds is 6. The average molecular weight is 381 g/mol. The number of carbonyl (C=O) groups is 1. The lowest BCUT2D eigenvalue weighted by Crippen LogP contribution is -2.19. The van der Waals surface area contributed by atoms with Gasteiger partial charge in [0, 0.05) is 28.7 Å². The predicted molar refractivity (Wildman–Crippen MR) is 118 cm³/mol. The SMILES string of the molecule is Cc1c(C=NNC(=O)Cc2ccccc2)c2ccccc2n1Cc1ccccc1. The van der Waals surface area contributed by atoms with E-state index in [0.29, 0.717) is 6.42 Å². The van der Waals surface area contributed by atoms with Gasteiger partial charge < -0.3 is 4.57 Å². The van der Waals surface area contributed by atoms with Crippen molar-refractivity contribution >= 4 is 23.0 Å². The van der Waals surface area contributed by atoms with Crippen LogP contribution in [0.3, 0.4) is 0 Å². The molecule has 0 aliphatic rings. The minimum atomic E-state index is -0.127. The van der Waals surface area contributed by atoms with Gasteiger partial charge in [-0.25, -0.2) is 5.43 Å². The molecular formula is C25H23N3O. The highest BCUT2D eigenvalue weighted by atomic mass is 16.2. The van der Waals surface area contributed by atoms with Gasteiger partial charge in [0.15, 0.2) is 0 Å². The van der Waals surface area contributed by atoms with Gasteiger partial charge in [0.2, 0.25) is 5.91 Å². The Kier molecular flexibility index (Phi) is 5.52. The van der Waals surface area contributed by atoms with Crippen LogP contribution in [0.2, 0.25) is 0 Å². The maximum atomic E-state index is 12.2. The van der Waals surface area contributed by atoms with Crippen LogP contribution >= 0.6 is 0 Å². The number of hydrogen-bond acceptors (Lipinski definition) is 2. The standard InChI is InChI=1S/C25H23N3O/c1-19-23(17-26-27-25(29)16-20-10-4-2-5-11-20)22-14-8-9-15-24(22)28(19)18-21-12-6-3-7-13-21/h2-15,17H,16,18H2,1H3,(H,27,29). The second-order valence-electron chi connectivity index (χ2n) is 7.04. The summed E-state index contributed by atoms with van der Waals surface area (Å²) in [6, 6.07) is 28.4. The second-order valence-corrected chi connectivity index (χ2v) is 7.04. The van der Waals surface area contributed by atoms with E-state index in [9.17, 15) is 4.79 Å². The van der Waals surface area contributed by atoms with E-state index in [-0.39, 0.29) is 5.91 Å². The molecule has 0 fully saturated rings. The summed E-state index contributed by atoms with van der Waals surface area (Å²) >= 11 is 0. The smallest absolute Gasteiger partial charge is 0.244 e. The zero-order valence-corrected chi connectivity index (χ0v) is 16.4. The number of hydrogen-bond donors (Lipinski definition) is 1. The number of fused-ring (bicyclic) bond motifs is 1. The first-order valence-corrected chi connectivity index (χ1v) is 9.70. The van der Waals surface area contributed by atoms with Gasteiger partial charge in [-0.3, -0.25) is 4.79 Å². The third kappa shape index (κ3) is 4.27. The molecule has 0 saturated heterocycles. The van der Waals surface area contributed by atoms with Crippen LogP contribution in [-0.4, -0.2) is 16.7 Å². The summed E-state index contributed by atoms with van der Waals surface area (Å²) in [6.45, 7) is 2.89. The van der Waals surface area contributed by atoms with Crippen LogP contribution in [0.25, 0.3) is 10.9 Å². The van der Waals surface area contributed by atoms with Crippen LogP contribution in [0, 0.1) is 6.92 Å². The van der Waals surface area contributed by atoms with Crippen molar-refractivity contribution in [2.24, 2.45) is 5.10 Å². The molecule has 4 nitrogen and oxygen atoms in total. The molecule has 0 atom stereocenters. The van der Waals surface area contributed by atoms with Crippen molar-refractivity contribution in [3.05, 3.63) is 107 Å². The maximum Gasteiger partial charge on any atom is 0.244 e. The van der Waals surface area contributed by atoms with Gasteiger partial charge >= 0.3 is 0 Å². The van der Waals surface area contributed by atoms with Crippen molar-refractivity contribution in [1.82, 2.24) is 9.99 Å². The van der Waals surface area contributed by atoms with Crippen LogP contribution in [-0.2, 0) is 17.8 Å². The van der Waals surface area contributed by atoms with Gasteiger partial charge in [-0.2, -0.15) is 5.10 Å². The molecule has 0 bridgehead atoms. The van der Waals surface area contributed by atoms with Gasteiger partial charge in [-0.05, 0) is 24.1 Å². The molecule has 4 aromatic rings. The molecule has 0 aliphatic carbocycles. The van der Waals surface area contributed by atoms with E-state index in [1.54, 1.807) is 6.21 Å². The topological polar surface area (TPSA) is 46.4 Å². The first-order valence-electron chi connectivity index (χ1n) is 9.70. The van der Waals surface area contributed by atoms with Crippen LogP contribution in [0.5, 0.6) is 0 Å². The molecule has 29 heavy (non-hydrogen) atoms. The van der Waals surface area contributed by atoms with E-state index in [1.165, 1.54) is 5.56 Å². The third-order valence-corrected chi connectivity index (χ3v) is 5.05. The first kappa shape index (κ1) is 18.7. The Hall–Kier alpha value is -3.66. The molecule has 0 saturated carbocycles. The molecule has 0 spiro atoms. The van der Waals surface area contributed by atoms with Crippen molar-refractivity contribution < 1.29 is 4.79 Å². The molecule has 4 rings (SSSR count). The number of aromatic nitrogens is 1. The van der Waals surface area contributed by atoms with Gasteiger partial charge in [0.1, 0.15) is 0 Å². The van der Waals surface area contributed by atoms with Crippen LogP contribution in [0.4, 0.5) is 0 Å². The molecule has 4 heteroatoms. The zero-order valence-electron chi connectivity index (χ0n) is 16.4. The Morgan fingerprint density at radius 1 is 0.897 bits per heavy atom. The largest absolute Gasteiger partial charge is 0.340 e. The van der Waals surface area contributed by atoms with Crippen molar-refractivity contribution in [3.8, 4) is 0 Å². The third-order valence-electron chi connectivity index (χ3n) is 5.05. The minimum absolute atomic E-state index is 0.127. The lowest BCUT2D eigenvalue weighted by molar-refractivity contribution is -0.120. The summed E-state index contributed by atoms with van der Waals surface area (Å²) in [4.78, 5) is 12.2. The summed E-state index contributed by atoms with van der Waals surface area (Å²) < 4.78 is 2.29. The molecule has 1 N–H and O–H groups in total. The maximum absolute atomic E-state index is 12.2. The number of para-hydroxylation sites is 1. The van der Waals surface area contributed by atoms with Gasteiger partial charge in [0.25, 0.3) is 0 Å². The Morgan fingerprint density at radius 2 is 1.52 bits per heavy atom. The fourth-order valence-electron chi connectivity index (χ4n) is 3.58. The average Bonchev–Trinajstić information content (AvgIpc) is 3.01. The molecule has 1 aromatic heterocycles. The number of hydrazone groups is 1. The van der Waals surface area contributed by atoms with Crippen molar-refractivity contribution in [2.75, 3.05) is 0 Å². The number of benzene rings is 3. The van der Waals surface area contributed by atoms with Crippen molar-refractivity contribution in [1.29, 1.82) is 0 Å². The molecular weight excluding hydrogens is 358 g/mol. The Labute approximate surface area is 170 Å². The highest BCUT2D eigenvalue weighted by Crippen LogP contribution is 2.25. The van der Waals surface area contributed by atoms with E-state index in [1.807, 2.05) is 48.5 Å². The Morgan fingerprint density at radius 3 is 2.24 bits per heavy atom. The fraction of sp³-hybridized carbons (Fsp3) is 0.120. The molecule has 0 aliphatic heterocycles. The molecule has 1 amide bonds. The molecule has 0 radical (unpaired) electrons. The van der Waals surface area contributed by atoms with Gasteiger partial charge in [0.05, 0.1) is 12.6 Å². The lowest BCUT2D eigenvalue weighted by atomic mass is 10.1. The molecule has 3 aromatic carbocycles. The minimum Gasteiger partial charge on any atom is -0.340 e. The van der Waals surface area contributed by atoms with Crippen LogP contribution < -0.4 is 5.43 Å². The van der Waals surface area contributed by atoms with Crippen molar-refractivity contribution in [2.45, 2.75) is 19.9 Å². The quantitative estimate of drug-likeness (QED) is 0.382. The summed E-state index contributed by atoms with van der Waals surface area (Å²) in [6.07, 6.45) is 2.06. The van der Waals surface area contributed by atoms with Crippen LogP contribution in [0.1, 0.15) is 22.4 Å². The van der Waals surface area contributed by atoms with E-state index in [0.717, 1.165) is 34.3 Å². The van der Waals surface area contributed by atoms with E-state index in [4.69, 9.17) is 0 Å². The van der Waals surface area contributed by atoms with E-state index >= 15 is 0 Å². The number of nitrogens with one attached hydrogen (secondary N) is 1. The van der Waals surface area contributed by atoms with Gasteiger partial charge in [-0.1, -0.05) is 78.9 Å². The van der Waals surface area contributed by atoms with E-state index in [2.05, 4.69) is 58.4 Å². The normalized spacial score (nSPS) is 11.2. The Balaban J connectivity index is 1.56. The second kappa shape index (κ2) is 8.57. The summed E-state index contributed by atoms with van der Waals surface area (Å²) in [5.41, 5.74) is 8.17. The lowest BCUT2D eigenvalue weighted by Gasteiger charge is -2.08. The molecule has 144 valence electrons. The fourth-order valence-corrected chi connectivity index (χ4v) is 3.58. The summed E-state index contributed by atoms with van der Waals surface area (Å²) in [5, 5.41) is 5.36. The monoisotopic (exact) mass is 381 g/mol. The molecule has 1 heterocycles. The summed E-state index contributed by atoms with van der Waals surface area (Å²) in [5.74, 6) is -0.127. The van der Waals surface area contributed by atoms with Crippen LogP contribution in [0.15, 0.2) is 90.0 Å². The first-order chi connectivity index (χ1) is 14.2.